The molecule has 0 aromatic carbocycles. The van der Waals surface area contributed by atoms with Crippen LogP contribution in [-0.4, -0.2) is 9.66 Å². The van der Waals surface area contributed by atoms with Gasteiger partial charge in [0.1, 0.15) is 0 Å². The van der Waals surface area contributed by atoms with Crippen molar-refractivity contribution in [3.05, 3.63) is 46.5 Å². The highest BCUT2D eigenvalue weighted by Gasteiger charge is 2.03. The fraction of sp³-hybridized carbons (Fsp3) is 0.182. The van der Waals surface area contributed by atoms with Crippen molar-refractivity contribution in [2.45, 2.75) is 13.8 Å². The summed E-state index contributed by atoms with van der Waals surface area (Å²) in [6.45, 7) is 4.13. The Morgan fingerprint density at radius 3 is 2.47 bits per heavy atom. The maximum atomic E-state index is 4.02. The Labute approximate surface area is 97.2 Å². The first-order valence-corrected chi connectivity index (χ1v) is 5.49. The summed E-state index contributed by atoms with van der Waals surface area (Å²) in [6.07, 6.45) is 3.54. The molecule has 0 aliphatic carbocycles. The van der Waals surface area contributed by atoms with Crippen molar-refractivity contribution in [3.63, 3.8) is 0 Å². The van der Waals surface area contributed by atoms with Gasteiger partial charge in [0.2, 0.25) is 0 Å². The first kappa shape index (κ1) is 10.2. The van der Waals surface area contributed by atoms with Crippen molar-refractivity contribution >= 4 is 21.6 Å². The number of pyridine rings is 1. The monoisotopic (exact) mass is 265 g/mol. The molecule has 0 unspecified atom stereocenters. The second-order valence-corrected chi connectivity index (χ2v) is 4.27. The molecule has 1 N–H and O–H groups in total. The molecule has 3 nitrogen and oxygen atoms in total. The van der Waals surface area contributed by atoms with E-state index in [-0.39, 0.29) is 0 Å². The lowest BCUT2D eigenvalue weighted by Gasteiger charge is -2.13. The van der Waals surface area contributed by atoms with E-state index in [1.807, 2.05) is 10.7 Å². The zero-order valence-electron chi connectivity index (χ0n) is 8.66. The third kappa shape index (κ3) is 2.04. The van der Waals surface area contributed by atoms with E-state index in [0.717, 1.165) is 10.2 Å². The Morgan fingerprint density at radius 1 is 1.20 bits per heavy atom. The van der Waals surface area contributed by atoms with E-state index < -0.39 is 0 Å². The second kappa shape index (κ2) is 4.06. The van der Waals surface area contributed by atoms with Gasteiger partial charge in [-0.1, -0.05) is 0 Å². The molecule has 0 saturated heterocycles. The average Bonchev–Trinajstić information content (AvgIpc) is 2.53. The maximum absolute atomic E-state index is 4.02. The Bertz CT molecular complexity index is 457. The fourth-order valence-corrected chi connectivity index (χ4v) is 1.77. The number of halogens is 1. The number of nitrogens with zero attached hydrogens (tertiary/aromatic N) is 2. The van der Waals surface area contributed by atoms with Gasteiger partial charge in [0.05, 0.1) is 10.2 Å². The molecule has 78 valence electrons. The third-order valence-electron chi connectivity index (χ3n) is 2.28. The molecule has 2 heterocycles. The molecular weight excluding hydrogens is 254 g/mol. The molecule has 0 aliphatic heterocycles. The van der Waals surface area contributed by atoms with Gasteiger partial charge >= 0.3 is 0 Å². The smallest absolute Gasteiger partial charge is 0.0718 e. The van der Waals surface area contributed by atoms with Gasteiger partial charge in [0.25, 0.3) is 0 Å². The quantitative estimate of drug-likeness (QED) is 0.904. The van der Waals surface area contributed by atoms with Crippen LogP contribution in [0.3, 0.4) is 0 Å². The van der Waals surface area contributed by atoms with Gasteiger partial charge in [0, 0.05) is 23.8 Å². The van der Waals surface area contributed by atoms with Gasteiger partial charge < -0.3 is 0 Å². The van der Waals surface area contributed by atoms with Gasteiger partial charge in [0.15, 0.2) is 0 Å². The van der Waals surface area contributed by atoms with Crippen LogP contribution in [0.25, 0.3) is 0 Å². The van der Waals surface area contributed by atoms with Crippen LogP contribution >= 0.6 is 15.9 Å². The minimum Gasteiger partial charge on any atom is -0.293 e. The number of hydrogen-bond acceptors (Lipinski definition) is 2. The van der Waals surface area contributed by atoms with Crippen LogP contribution in [0.1, 0.15) is 11.4 Å². The normalized spacial score (nSPS) is 10.3. The van der Waals surface area contributed by atoms with Crippen LogP contribution in [-0.2, 0) is 0 Å². The molecule has 2 aromatic heterocycles. The van der Waals surface area contributed by atoms with E-state index in [2.05, 4.69) is 52.3 Å². The lowest BCUT2D eigenvalue weighted by Crippen LogP contribution is -2.12. The maximum Gasteiger partial charge on any atom is 0.0718 e. The topological polar surface area (TPSA) is 29.9 Å². The molecule has 0 bridgehead atoms. The number of hydrogen-bond donors (Lipinski definition) is 1. The zero-order chi connectivity index (χ0) is 10.8. The van der Waals surface area contributed by atoms with E-state index in [1.54, 1.807) is 12.4 Å². The molecule has 0 atom stereocenters. The molecule has 2 rings (SSSR count). The SMILES string of the molecule is Cc1ccc(C)n1Nc1ccncc1Br. The number of aryl methyl sites for hydroxylation is 2. The molecule has 2 aromatic rings. The van der Waals surface area contributed by atoms with Crippen molar-refractivity contribution in [1.29, 1.82) is 0 Å². The fourth-order valence-electron chi connectivity index (χ4n) is 1.43. The van der Waals surface area contributed by atoms with Crippen LogP contribution in [0.15, 0.2) is 35.1 Å². The Balaban J connectivity index is 2.34. The predicted molar refractivity (Wildman–Crippen MR) is 64.9 cm³/mol. The first-order valence-electron chi connectivity index (χ1n) is 4.70. The summed E-state index contributed by atoms with van der Waals surface area (Å²) < 4.78 is 3.00. The van der Waals surface area contributed by atoms with Gasteiger partial charge in [-0.25, -0.2) is 0 Å². The van der Waals surface area contributed by atoms with Crippen molar-refractivity contribution in [2.24, 2.45) is 0 Å². The zero-order valence-corrected chi connectivity index (χ0v) is 10.2. The Hall–Kier alpha value is -1.29. The summed E-state index contributed by atoms with van der Waals surface area (Å²) in [7, 11) is 0. The van der Waals surface area contributed by atoms with E-state index in [4.69, 9.17) is 0 Å². The minimum atomic E-state index is 0.956. The van der Waals surface area contributed by atoms with Crippen molar-refractivity contribution in [2.75, 3.05) is 5.43 Å². The summed E-state index contributed by atoms with van der Waals surface area (Å²) in [5.41, 5.74) is 6.68. The molecule has 0 amide bonds. The average molecular weight is 266 g/mol. The predicted octanol–water partition coefficient (Wildman–Crippen LogP) is 3.14. The first-order chi connectivity index (χ1) is 7.18. The van der Waals surface area contributed by atoms with E-state index in [9.17, 15) is 0 Å². The van der Waals surface area contributed by atoms with Crippen molar-refractivity contribution < 1.29 is 0 Å². The number of aromatic nitrogens is 2. The molecule has 0 saturated carbocycles. The van der Waals surface area contributed by atoms with Gasteiger partial charge in [-0.3, -0.25) is 15.1 Å². The molecule has 0 radical (unpaired) electrons. The highest BCUT2D eigenvalue weighted by molar-refractivity contribution is 9.10. The molecule has 15 heavy (non-hydrogen) atoms. The van der Waals surface area contributed by atoms with E-state index in [1.165, 1.54) is 11.4 Å². The number of anilines is 1. The van der Waals surface area contributed by atoms with E-state index in [0.29, 0.717) is 0 Å². The van der Waals surface area contributed by atoms with Crippen LogP contribution in [0.2, 0.25) is 0 Å². The van der Waals surface area contributed by atoms with Crippen molar-refractivity contribution in [3.8, 4) is 0 Å². The highest BCUT2D eigenvalue weighted by Crippen LogP contribution is 2.21. The minimum absolute atomic E-state index is 0.956. The summed E-state index contributed by atoms with van der Waals surface area (Å²) in [5.74, 6) is 0. The third-order valence-corrected chi connectivity index (χ3v) is 2.91. The molecule has 0 aliphatic rings. The second-order valence-electron chi connectivity index (χ2n) is 3.42. The number of rotatable bonds is 2. The Kier molecular flexibility index (Phi) is 2.77. The van der Waals surface area contributed by atoms with Crippen LogP contribution in [0.5, 0.6) is 0 Å². The molecule has 4 heteroatoms. The van der Waals surface area contributed by atoms with E-state index >= 15 is 0 Å². The van der Waals surface area contributed by atoms with Crippen LogP contribution in [0, 0.1) is 13.8 Å². The summed E-state index contributed by atoms with van der Waals surface area (Å²) in [5, 5.41) is 0. The summed E-state index contributed by atoms with van der Waals surface area (Å²) in [4.78, 5) is 4.02. The lowest BCUT2D eigenvalue weighted by atomic mass is 10.4. The standard InChI is InChI=1S/C11H12BrN3/c1-8-3-4-9(2)15(8)14-11-5-6-13-7-10(11)12/h3-7H,1-2H3,(H,13,14). The summed E-state index contributed by atoms with van der Waals surface area (Å²) >= 11 is 3.45. The largest absolute Gasteiger partial charge is 0.293 e. The molecule has 0 spiro atoms. The van der Waals surface area contributed by atoms with Crippen molar-refractivity contribution in [1.82, 2.24) is 9.66 Å². The van der Waals surface area contributed by atoms with Gasteiger partial charge in [-0.2, -0.15) is 0 Å². The molecular formula is C11H12BrN3. The number of nitrogens with one attached hydrogen (secondary N) is 1. The molecule has 0 fully saturated rings. The lowest BCUT2D eigenvalue weighted by molar-refractivity contribution is 0.879. The van der Waals surface area contributed by atoms with Gasteiger partial charge in [-0.05, 0) is 48.0 Å². The van der Waals surface area contributed by atoms with Crippen LogP contribution in [0.4, 0.5) is 5.69 Å². The highest BCUT2D eigenvalue weighted by atomic mass is 79.9. The van der Waals surface area contributed by atoms with Crippen LogP contribution < -0.4 is 5.43 Å². The Morgan fingerprint density at radius 2 is 1.87 bits per heavy atom. The van der Waals surface area contributed by atoms with Gasteiger partial charge in [-0.15, -0.1) is 0 Å². The summed E-state index contributed by atoms with van der Waals surface area (Å²) in [6, 6.07) is 6.10.